The average molecular weight is 385 g/mol. The summed E-state index contributed by atoms with van der Waals surface area (Å²) in [6, 6.07) is 7.41. The van der Waals surface area contributed by atoms with Gasteiger partial charge in [0.05, 0.1) is 18.9 Å². The Hall–Kier alpha value is -3.46. The number of carbonyl (C=O) groups excluding carboxylic acids is 3. The summed E-state index contributed by atoms with van der Waals surface area (Å²) in [4.78, 5) is 39.7. The third-order valence-electron chi connectivity index (χ3n) is 4.39. The fourth-order valence-electron chi connectivity index (χ4n) is 3.02. The quantitative estimate of drug-likeness (QED) is 0.641. The molecule has 0 saturated carbocycles. The number of imide groups is 2. The molecule has 144 valence electrons. The zero-order valence-corrected chi connectivity index (χ0v) is 14.7. The van der Waals surface area contributed by atoms with E-state index in [9.17, 15) is 18.8 Å². The predicted molar refractivity (Wildman–Crippen MR) is 97.1 cm³/mol. The average Bonchev–Trinajstić information content (AvgIpc) is 3.14. The lowest BCUT2D eigenvalue weighted by Gasteiger charge is -2.26. The van der Waals surface area contributed by atoms with Crippen LogP contribution in [0.1, 0.15) is 5.76 Å². The second-order valence-corrected chi connectivity index (χ2v) is 6.21. The molecule has 28 heavy (non-hydrogen) atoms. The van der Waals surface area contributed by atoms with Crippen LogP contribution in [0.3, 0.4) is 0 Å². The lowest BCUT2D eigenvalue weighted by atomic mass is 10.1. The number of barbiturate groups is 1. The van der Waals surface area contributed by atoms with Gasteiger partial charge in [0.1, 0.15) is 17.2 Å². The van der Waals surface area contributed by atoms with E-state index in [0.29, 0.717) is 37.1 Å². The highest BCUT2D eigenvalue weighted by Crippen LogP contribution is 2.25. The molecule has 2 aliphatic heterocycles. The van der Waals surface area contributed by atoms with Crippen LogP contribution in [0.25, 0.3) is 6.08 Å². The van der Waals surface area contributed by atoms with Crippen molar-refractivity contribution < 1.29 is 27.9 Å². The Labute approximate surface area is 159 Å². The lowest BCUT2D eigenvalue weighted by Crippen LogP contribution is -2.54. The molecule has 0 spiro atoms. The molecule has 2 saturated heterocycles. The van der Waals surface area contributed by atoms with Gasteiger partial charge in [0, 0.05) is 19.2 Å². The first-order valence-electron chi connectivity index (χ1n) is 8.62. The number of ether oxygens (including phenoxy) is 1. The largest absolute Gasteiger partial charge is 0.441 e. The van der Waals surface area contributed by atoms with Crippen molar-refractivity contribution in [1.29, 1.82) is 0 Å². The fraction of sp³-hybridized carbons (Fsp3) is 0.211. The van der Waals surface area contributed by atoms with E-state index >= 15 is 0 Å². The predicted octanol–water partition coefficient (Wildman–Crippen LogP) is 1.92. The Morgan fingerprint density at radius 1 is 1.07 bits per heavy atom. The second-order valence-electron chi connectivity index (χ2n) is 6.21. The van der Waals surface area contributed by atoms with Crippen LogP contribution in [0.4, 0.5) is 20.8 Å². The molecule has 4 amide bonds. The summed E-state index contributed by atoms with van der Waals surface area (Å²) in [5.41, 5.74) is -0.263. The maximum absolute atomic E-state index is 13.5. The van der Waals surface area contributed by atoms with Crippen molar-refractivity contribution in [3.8, 4) is 0 Å². The van der Waals surface area contributed by atoms with Crippen molar-refractivity contribution in [2.24, 2.45) is 0 Å². The van der Waals surface area contributed by atoms with E-state index in [2.05, 4.69) is 5.32 Å². The molecule has 3 heterocycles. The van der Waals surface area contributed by atoms with Crippen LogP contribution in [-0.2, 0) is 14.3 Å². The van der Waals surface area contributed by atoms with Crippen molar-refractivity contribution in [1.82, 2.24) is 5.32 Å². The summed E-state index contributed by atoms with van der Waals surface area (Å²) in [7, 11) is 0. The van der Waals surface area contributed by atoms with E-state index < -0.39 is 23.7 Å². The number of anilines is 2. The van der Waals surface area contributed by atoms with Crippen LogP contribution >= 0.6 is 0 Å². The number of amides is 4. The molecule has 9 heteroatoms. The van der Waals surface area contributed by atoms with Crippen LogP contribution in [0.15, 0.2) is 46.4 Å². The van der Waals surface area contributed by atoms with E-state index in [0.717, 1.165) is 6.07 Å². The van der Waals surface area contributed by atoms with E-state index in [-0.39, 0.29) is 17.0 Å². The van der Waals surface area contributed by atoms with E-state index in [1.54, 1.807) is 12.1 Å². The Kier molecular flexibility index (Phi) is 4.66. The summed E-state index contributed by atoms with van der Waals surface area (Å²) in [5.74, 6) is -1.43. The van der Waals surface area contributed by atoms with Crippen LogP contribution in [-0.4, -0.2) is 44.1 Å². The SMILES string of the molecule is O=C1NC(=O)N(c2cccc(F)c2)C(=O)/C1=C/c1ccc(N2CCOCC2)o1. The molecule has 1 aromatic heterocycles. The summed E-state index contributed by atoms with van der Waals surface area (Å²) in [6.45, 7) is 2.51. The molecule has 1 aromatic carbocycles. The minimum atomic E-state index is -0.939. The molecule has 8 nitrogen and oxygen atoms in total. The number of urea groups is 1. The number of nitrogens with zero attached hydrogens (tertiary/aromatic N) is 2. The Bertz CT molecular complexity index is 977. The molecule has 4 rings (SSSR count). The summed E-state index contributed by atoms with van der Waals surface area (Å²) in [6.07, 6.45) is 1.26. The maximum atomic E-state index is 13.5. The Morgan fingerprint density at radius 3 is 2.61 bits per heavy atom. The van der Waals surface area contributed by atoms with Crippen LogP contribution in [0.5, 0.6) is 0 Å². The van der Waals surface area contributed by atoms with E-state index in [4.69, 9.17) is 9.15 Å². The third-order valence-corrected chi connectivity index (χ3v) is 4.39. The molecule has 0 aliphatic carbocycles. The maximum Gasteiger partial charge on any atom is 0.335 e. The number of hydrogen-bond acceptors (Lipinski definition) is 6. The number of nitrogens with one attached hydrogen (secondary N) is 1. The van der Waals surface area contributed by atoms with Gasteiger partial charge in [0.2, 0.25) is 0 Å². The molecule has 2 fully saturated rings. The topological polar surface area (TPSA) is 92.1 Å². The van der Waals surface area contributed by atoms with Gasteiger partial charge in [0.15, 0.2) is 5.88 Å². The van der Waals surface area contributed by atoms with Crippen molar-refractivity contribution in [3.05, 3.63) is 53.5 Å². The number of rotatable bonds is 3. The van der Waals surface area contributed by atoms with Crippen molar-refractivity contribution >= 4 is 35.5 Å². The van der Waals surface area contributed by atoms with Gasteiger partial charge in [-0.3, -0.25) is 14.9 Å². The fourth-order valence-corrected chi connectivity index (χ4v) is 3.02. The highest BCUT2D eigenvalue weighted by Gasteiger charge is 2.37. The number of carbonyl (C=O) groups is 3. The molecule has 2 aromatic rings. The van der Waals surface area contributed by atoms with Gasteiger partial charge in [-0.15, -0.1) is 0 Å². The summed E-state index contributed by atoms with van der Waals surface area (Å²) >= 11 is 0. The minimum absolute atomic E-state index is 0.0225. The van der Waals surface area contributed by atoms with Gasteiger partial charge in [-0.25, -0.2) is 14.1 Å². The first-order valence-corrected chi connectivity index (χ1v) is 8.62. The summed E-state index contributed by atoms with van der Waals surface area (Å²) in [5, 5.41) is 2.09. The molecule has 2 aliphatic rings. The molecule has 0 unspecified atom stereocenters. The molecular weight excluding hydrogens is 369 g/mol. The zero-order chi connectivity index (χ0) is 19.7. The number of benzene rings is 1. The smallest absolute Gasteiger partial charge is 0.335 e. The molecular formula is C19H16FN3O5. The summed E-state index contributed by atoms with van der Waals surface area (Å²) < 4.78 is 24.5. The van der Waals surface area contributed by atoms with Gasteiger partial charge in [-0.2, -0.15) is 0 Å². The number of morpholine rings is 1. The van der Waals surface area contributed by atoms with Gasteiger partial charge in [-0.1, -0.05) is 6.07 Å². The first kappa shape index (κ1) is 17.9. The molecule has 0 radical (unpaired) electrons. The van der Waals surface area contributed by atoms with E-state index in [1.165, 1.54) is 24.3 Å². The standard InChI is InChI=1S/C19H16FN3O5/c20-12-2-1-3-13(10-12)23-18(25)15(17(24)21-19(23)26)11-14-4-5-16(28-14)22-6-8-27-9-7-22/h1-5,10-11H,6-9H2,(H,21,24,26)/b15-11+. The highest BCUT2D eigenvalue weighted by molar-refractivity contribution is 6.39. The van der Waals surface area contributed by atoms with Gasteiger partial charge in [0.25, 0.3) is 11.8 Å². The molecule has 0 bridgehead atoms. The van der Waals surface area contributed by atoms with Crippen LogP contribution in [0, 0.1) is 5.82 Å². The minimum Gasteiger partial charge on any atom is -0.441 e. The van der Waals surface area contributed by atoms with E-state index in [1.807, 2.05) is 4.90 Å². The number of furan rings is 1. The lowest BCUT2D eigenvalue weighted by molar-refractivity contribution is -0.122. The number of halogens is 1. The second kappa shape index (κ2) is 7.28. The third kappa shape index (κ3) is 3.39. The first-order chi connectivity index (χ1) is 13.5. The normalized spacial score (nSPS) is 19.3. The van der Waals surface area contributed by atoms with Gasteiger partial charge >= 0.3 is 6.03 Å². The van der Waals surface area contributed by atoms with Gasteiger partial charge in [-0.05, 0) is 30.3 Å². The van der Waals surface area contributed by atoms with Crippen molar-refractivity contribution in [2.45, 2.75) is 0 Å². The van der Waals surface area contributed by atoms with Crippen molar-refractivity contribution in [2.75, 3.05) is 36.1 Å². The molecule has 0 atom stereocenters. The monoisotopic (exact) mass is 385 g/mol. The Balaban J connectivity index is 1.63. The zero-order valence-electron chi connectivity index (χ0n) is 14.7. The Morgan fingerprint density at radius 2 is 1.86 bits per heavy atom. The van der Waals surface area contributed by atoms with Crippen LogP contribution in [0.2, 0.25) is 0 Å². The molecule has 1 N–H and O–H groups in total. The van der Waals surface area contributed by atoms with Gasteiger partial charge < -0.3 is 14.1 Å². The van der Waals surface area contributed by atoms with Crippen molar-refractivity contribution in [3.63, 3.8) is 0 Å². The van der Waals surface area contributed by atoms with Crippen LogP contribution < -0.4 is 15.1 Å². The highest BCUT2D eigenvalue weighted by atomic mass is 19.1. The number of hydrogen-bond donors (Lipinski definition) is 1.